The Kier molecular flexibility index (Phi) is 6.28. The van der Waals surface area contributed by atoms with E-state index in [0.29, 0.717) is 11.3 Å². The summed E-state index contributed by atoms with van der Waals surface area (Å²) in [5.41, 5.74) is 0.808. The maximum atomic E-state index is 12.2. The predicted octanol–water partition coefficient (Wildman–Crippen LogP) is 3.97. The van der Waals surface area contributed by atoms with Crippen LogP contribution in [0, 0.1) is 28.4 Å². The van der Waals surface area contributed by atoms with Gasteiger partial charge in [-0.05, 0) is 19.4 Å². The largest absolute Gasteiger partial charge is 0.462 e. The van der Waals surface area contributed by atoms with E-state index in [9.17, 15) is 14.9 Å². The van der Waals surface area contributed by atoms with Gasteiger partial charge >= 0.3 is 5.97 Å². The third kappa shape index (κ3) is 4.78. The third-order valence-electron chi connectivity index (χ3n) is 2.86. The number of nitriles is 1. The fraction of sp³-hybridized carbons (Fsp3) is 0.267. The highest BCUT2D eigenvalue weighted by molar-refractivity contribution is 8.01. The molecule has 1 aromatic heterocycles. The van der Waals surface area contributed by atoms with Crippen LogP contribution in [0.2, 0.25) is 0 Å². The number of nitro benzene ring substituents is 1. The lowest BCUT2D eigenvalue weighted by Crippen LogP contribution is -2.08. The van der Waals surface area contributed by atoms with Gasteiger partial charge in [0.25, 0.3) is 5.69 Å². The zero-order valence-electron chi connectivity index (χ0n) is 12.7. The molecule has 0 aliphatic rings. The highest BCUT2D eigenvalue weighted by atomic mass is 32.2. The molecule has 0 spiro atoms. The lowest BCUT2D eigenvalue weighted by Gasteiger charge is -2.08. The predicted molar refractivity (Wildman–Crippen MR) is 89.2 cm³/mol. The summed E-state index contributed by atoms with van der Waals surface area (Å²) in [4.78, 5) is 27.5. The Balaban J connectivity index is 2.23. The molecule has 7 nitrogen and oxygen atoms in total. The number of nitrogens with zero attached hydrogens (tertiary/aromatic N) is 3. The van der Waals surface area contributed by atoms with Crippen LogP contribution in [0.5, 0.6) is 0 Å². The van der Waals surface area contributed by atoms with Crippen molar-refractivity contribution >= 4 is 34.8 Å². The summed E-state index contributed by atoms with van der Waals surface area (Å²) in [6.45, 7) is 1.95. The zero-order valence-corrected chi connectivity index (χ0v) is 14.4. The Labute approximate surface area is 146 Å². The van der Waals surface area contributed by atoms with E-state index in [1.54, 1.807) is 0 Å². The van der Waals surface area contributed by atoms with Crippen LogP contribution < -0.4 is 0 Å². The Hall–Kier alpha value is -2.44. The number of non-ortho nitro benzene ring substituents is 1. The maximum Gasteiger partial charge on any atom is 0.339 e. The lowest BCUT2D eigenvalue weighted by molar-refractivity contribution is -0.384. The molecule has 0 bridgehead atoms. The van der Waals surface area contributed by atoms with E-state index < -0.39 is 10.9 Å². The van der Waals surface area contributed by atoms with Crippen molar-refractivity contribution in [3.63, 3.8) is 0 Å². The molecule has 0 aliphatic heterocycles. The molecule has 0 aliphatic carbocycles. The number of esters is 1. The standard InChI is InChI=1S/C15H13N3O4S2/c1-10-9-23-15(17-10)24-13-5-4-11(18(20)21)8-12(13)14(19)22-7-3-2-6-16/h4-5,8-9H,2-3,7H2,1H3. The summed E-state index contributed by atoms with van der Waals surface area (Å²) in [5, 5.41) is 21.3. The van der Waals surface area contributed by atoms with Gasteiger partial charge in [0.15, 0.2) is 4.34 Å². The van der Waals surface area contributed by atoms with Gasteiger partial charge in [-0.25, -0.2) is 9.78 Å². The molecule has 0 radical (unpaired) electrons. The highest BCUT2D eigenvalue weighted by Crippen LogP contribution is 2.34. The second kappa shape index (κ2) is 8.42. The summed E-state index contributed by atoms with van der Waals surface area (Å²) in [5.74, 6) is -0.646. The van der Waals surface area contributed by atoms with Gasteiger partial charge in [-0.3, -0.25) is 10.1 Å². The van der Waals surface area contributed by atoms with Gasteiger partial charge in [0.05, 0.1) is 23.2 Å². The average molecular weight is 363 g/mol. The van der Waals surface area contributed by atoms with Gasteiger partial charge in [-0.15, -0.1) is 11.3 Å². The molecule has 0 amide bonds. The average Bonchev–Trinajstić information content (AvgIpc) is 2.96. The van der Waals surface area contributed by atoms with Gasteiger partial charge in [0, 0.05) is 34.5 Å². The molecule has 0 unspecified atom stereocenters. The van der Waals surface area contributed by atoms with E-state index in [4.69, 9.17) is 10.00 Å². The van der Waals surface area contributed by atoms with E-state index >= 15 is 0 Å². The van der Waals surface area contributed by atoms with Crippen LogP contribution in [0.25, 0.3) is 0 Å². The molecule has 9 heteroatoms. The van der Waals surface area contributed by atoms with E-state index in [1.807, 2.05) is 18.4 Å². The number of hydrogen-bond donors (Lipinski definition) is 0. The summed E-state index contributed by atoms with van der Waals surface area (Å²) in [6, 6.07) is 6.03. The van der Waals surface area contributed by atoms with E-state index in [0.717, 1.165) is 10.0 Å². The molecule has 0 saturated carbocycles. The van der Waals surface area contributed by atoms with Crippen LogP contribution in [0.15, 0.2) is 32.8 Å². The third-order valence-corrected chi connectivity index (χ3v) is 4.99. The van der Waals surface area contributed by atoms with Crippen molar-refractivity contribution in [1.29, 1.82) is 5.26 Å². The van der Waals surface area contributed by atoms with Crippen LogP contribution in [0.3, 0.4) is 0 Å². The number of benzene rings is 1. The molecule has 0 fully saturated rings. The minimum absolute atomic E-state index is 0.0928. The molecule has 2 rings (SSSR count). The first-order valence-corrected chi connectivity index (χ1v) is 8.63. The van der Waals surface area contributed by atoms with Crippen LogP contribution in [0.1, 0.15) is 28.9 Å². The molecule has 0 saturated heterocycles. The number of nitro groups is 1. The second-order valence-electron chi connectivity index (χ2n) is 4.69. The molecule has 1 aromatic carbocycles. The number of ether oxygens (including phenoxy) is 1. The van der Waals surface area contributed by atoms with E-state index in [-0.39, 0.29) is 24.3 Å². The highest BCUT2D eigenvalue weighted by Gasteiger charge is 2.19. The topological polar surface area (TPSA) is 106 Å². The monoisotopic (exact) mass is 363 g/mol. The van der Waals surface area contributed by atoms with Crippen molar-refractivity contribution < 1.29 is 14.5 Å². The lowest BCUT2D eigenvalue weighted by atomic mass is 10.2. The number of rotatable bonds is 7. The number of aryl methyl sites for hydroxylation is 1. The van der Waals surface area contributed by atoms with Gasteiger partial charge < -0.3 is 4.74 Å². The van der Waals surface area contributed by atoms with Crippen LogP contribution in [0.4, 0.5) is 5.69 Å². The molecule has 1 heterocycles. The smallest absolute Gasteiger partial charge is 0.339 e. The second-order valence-corrected chi connectivity index (χ2v) is 6.84. The van der Waals surface area contributed by atoms with E-state index in [1.165, 1.54) is 41.3 Å². The number of unbranched alkanes of at least 4 members (excludes halogenated alkanes) is 1. The van der Waals surface area contributed by atoms with Crippen molar-refractivity contribution in [2.45, 2.75) is 29.0 Å². The minimum Gasteiger partial charge on any atom is -0.462 e. The number of thiazole rings is 1. The van der Waals surface area contributed by atoms with Gasteiger partial charge in [0.2, 0.25) is 0 Å². The summed E-state index contributed by atoms with van der Waals surface area (Å²) in [7, 11) is 0. The van der Waals surface area contributed by atoms with Crippen molar-refractivity contribution in [2.75, 3.05) is 6.61 Å². The molecular formula is C15H13N3O4S2. The summed E-state index contributed by atoms with van der Waals surface area (Å²) >= 11 is 2.69. The van der Waals surface area contributed by atoms with Gasteiger partial charge in [-0.2, -0.15) is 5.26 Å². The first-order chi connectivity index (χ1) is 11.5. The van der Waals surface area contributed by atoms with Crippen molar-refractivity contribution in [3.8, 4) is 6.07 Å². The van der Waals surface area contributed by atoms with Crippen molar-refractivity contribution in [2.24, 2.45) is 0 Å². The van der Waals surface area contributed by atoms with E-state index in [2.05, 4.69) is 4.98 Å². The summed E-state index contributed by atoms with van der Waals surface area (Å²) < 4.78 is 5.84. The van der Waals surface area contributed by atoms with Crippen molar-refractivity contribution in [1.82, 2.24) is 4.98 Å². The molecule has 0 N–H and O–H groups in total. The zero-order chi connectivity index (χ0) is 17.5. The summed E-state index contributed by atoms with van der Waals surface area (Å²) in [6.07, 6.45) is 0.702. The number of aromatic nitrogens is 1. The fourth-order valence-electron chi connectivity index (χ4n) is 1.75. The van der Waals surface area contributed by atoms with Gasteiger partial charge in [-0.1, -0.05) is 11.8 Å². The molecule has 124 valence electrons. The van der Waals surface area contributed by atoms with Crippen LogP contribution in [-0.4, -0.2) is 22.5 Å². The SMILES string of the molecule is Cc1csc(Sc2ccc([N+](=O)[O-])cc2C(=O)OCCCC#N)n1. The van der Waals surface area contributed by atoms with Crippen LogP contribution >= 0.6 is 23.1 Å². The Morgan fingerprint density at radius 2 is 2.33 bits per heavy atom. The Morgan fingerprint density at radius 1 is 1.54 bits per heavy atom. The van der Waals surface area contributed by atoms with Crippen molar-refractivity contribution in [3.05, 3.63) is 45.0 Å². The maximum absolute atomic E-state index is 12.2. The Morgan fingerprint density at radius 3 is 2.96 bits per heavy atom. The molecule has 0 atom stereocenters. The Bertz CT molecular complexity index is 798. The quantitative estimate of drug-likeness (QED) is 0.317. The molecule has 2 aromatic rings. The number of carbonyl (C=O) groups is 1. The molecular weight excluding hydrogens is 350 g/mol. The normalized spacial score (nSPS) is 10.2. The fourth-order valence-corrected chi connectivity index (χ4v) is 3.64. The molecule has 24 heavy (non-hydrogen) atoms. The van der Waals surface area contributed by atoms with Crippen LogP contribution in [-0.2, 0) is 4.74 Å². The van der Waals surface area contributed by atoms with Gasteiger partial charge in [0.1, 0.15) is 0 Å². The minimum atomic E-state index is -0.646. The number of hydrogen-bond acceptors (Lipinski definition) is 8. The first-order valence-electron chi connectivity index (χ1n) is 6.93. The number of carbonyl (C=O) groups excluding carboxylic acids is 1. The first kappa shape index (κ1) is 17.9.